The standard InChI is InChI=1S/C44H29NS/c1-2-4-12-33-31(11-3-1)32-13-5-6-14-34(32)38-27-30(21-22-35(33)38)45-41-17-9-7-15-36(41)39-25-28(19-23-42(39)45)29-20-24-44-40(26-29)37-16-8-10-18-43(37)46-44/h1-10,13-27H,11-12H2. The predicted octanol–water partition coefficient (Wildman–Crippen LogP) is 12.3. The van der Waals surface area contributed by atoms with Crippen LogP contribution in [0.2, 0.25) is 0 Å². The third kappa shape index (κ3) is 3.81. The molecule has 0 atom stereocenters. The van der Waals surface area contributed by atoms with E-state index >= 15 is 0 Å². The number of aromatic nitrogens is 1. The molecular formula is C44H29NS. The van der Waals surface area contributed by atoms with Gasteiger partial charge in [-0.2, -0.15) is 0 Å². The highest BCUT2D eigenvalue weighted by atomic mass is 32.1. The van der Waals surface area contributed by atoms with Gasteiger partial charge < -0.3 is 4.57 Å². The van der Waals surface area contributed by atoms with Crippen LogP contribution in [0, 0.1) is 0 Å². The van der Waals surface area contributed by atoms with Crippen molar-refractivity contribution in [3.05, 3.63) is 163 Å². The molecule has 0 aliphatic heterocycles. The number of hydrogen-bond acceptors (Lipinski definition) is 1. The normalized spacial score (nSPS) is 13.3. The summed E-state index contributed by atoms with van der Waals surface area (Å²) < 4.78 is 5.14. The van der Waals surface area contributed by atoms with Crippen molar-refractivity contribution in [1.29, 1.82) is 0 Å². The number of fused-ring (bicyclic) bond motifs is 12. The van der Waals surface area contributed by atoms with Gasteiger partial charge in [0.15, 0.2) is 0 Å². The molecule has 7 aromatic carbocycles. The van der Waals surface area contributed by atoms with E-state index in [1.54, 1.807) is 0 Å². The molecule has 2 heteroatoms. The van der Waals surface area contributed by atoms with Crippen LogP contribution in [0.3, 0.4) is 0 Å². The third-order valence-electron chi connectivity index (χ3n) is 9.90. The van der Waals surface area contributed by atoms with E-state index in [1.807, 2.05) is 11.3 Å². The van der Waals surface area contributed by atoms with Gasteiger partial charge in [-0.25, -0.2) is 0 Å². The third-order valence-corrected chi connectivity index (χ3v) is 11.1. The maximum absolute atomic E-state index is 2.46. The van der Waals surface area contributed by atoms with Gasteiger partial charge in [0, 0.05) is 36.6 Å². The summed E-state index contributed by atoms with van der Waals surface area (Å²) in [5, 5.41) is 10.6. The van der Waals surface area contributed by atoms with Gasteiger partial charge in [0.1, 0.15) is 0 Å². The molecule has 0 spiro atoms. The zero-order chi connectivity index (χ0) is 30.2. The number of thiophene rings is 1. The van der Waals surface area contributed by atoms with Crippen LogP contribution in [0.25, 0.3) is 80.3 Å². The van der Waals surface area contributed by atoms with Crippen LogP contribution in [-0.4, -0.2) is 4.57 Å². The molecule has 0 unspecified atom stereocenters. The second kappa shape index (κ2) is 10.0. The van der Waals surface area contributed by atoms with Crippen LogP contribution in [0.4, 0.5) is 0 Å². The first-order chi connectivity index (χ1) is 22.8. The van der Waals surface area contributed by atoms with E-state index in [9.17, 15) is 0 Å². The van der Waals surface area contributed by atoms with E-state index in [4.69, 9.17) is 0 Å². The van der Waals surface area contributed by atoms with Crippen LogP contribution in [0.15, 0.2) is 152 Å². The van der Waals surface area contributed by atoms with Crippen LogP contribution in [0.1, 0.15) is 11.1 Å². The first kappa shape index (κ1) is 25.8. The number of para-hydroxylation sites is 1. The van der Waals surface area contributed by atoms with Gasteiger partial charge in [0.25, 0.3) is 0 Å². The Balaban J connectivity index is 1.19. The van der Waals surface area contributed by atoms with Crippen molar-refractivity contribution in [3.63, 3.8) is 0 Å². The highest BCUT2D eigenvalue weighted by Crippen LogP contribution is 2.40. The maximum Gasteiger partial charge on any atom is 0.0541 e. The molecule has 0 fully saturated rings. The first-order valence-electron chi connectivity index (χ1n) is 16.0. The van der Waals surface area contributed by atoms with Gasteiger partial charge in [-0.15, -0.1) is 11.3 Å². The molecular weight excluding hydrogens is 575 g/mol. The fraction of sp³-hybridized carbons (Fsp3) is 0.0455. The van der Waals surface area contributed by atoms with E-state index in [0.29, 0.717) is 0 Å². The lowest BCUT2D eigenvalue weighted by Crippen LogP contribution is -2.00. The molecule has 0 saturated carbocycles. The minimum absolute atomic E-state index is 0.950. The second-order valence-corrected chi connectivity index (χ2v) is 13.5. The Labute approximate surface area is 270 Å². The van der Waals surface area contributed by atoms with Crippen LogP contribution in [-0.2, 0) is 12.8 Å². The van der Waals surface area contributed by atoms with Gasteiger partial charge in [0.05, 0.1) is 11.0 Å². The van der Waals surface area contributed by atoms with E-state index < -0.39 is 0 Å². The van der Waals surface area contributed by atoms with Crippen molar-refractivity contribution in [1.82, 2.24) is 4.57 Å². The van der Waals surface area contributed by atoms with Gasteiger partial charge in [-0.05, 0) is 105 Å². The monoisotopic (exact) mass is 603 g/mol. The molecule has 0 amide bonds. The molecule has 0 radical (unpaired) electrons. The Morgan fingerprint density at radius 1 is 0.413 bits per heavy atom. The van der Waals surface area contributed by atoms with Crippen LogP contribution in [0.5, 0.6) is 0 Å². The van der Waals surface area contributed by atoms with Crippen LogP contribution >= 0.6 is 11.3 Å². The molecule has 2 aromatic heterocycles. The minimum Gasteiger partial charge on any atom is -0.309 e. The summed E-state index contributed by atoms with van der Waals surface area (Å²) in [7, 11) is 0. The second-order valence-electron chi connectivity index (χ2n) is 12.4. The van der Waals surface area contributed by atoms with E-state index in [0.717, 1.165) is 12.8 Å². The zero-order valence-electron chi connectivity index (χ0n) is 25.2. The average molecular weight is 604 g/mol. The first-order valence-corrected chi connectivity index (χ1v) is 16.9. The van der Waals surface area contributed by atoms with Crippen molar-refractivity contribution < 1.29 is 0 Å². The molecule has 2 heterocycles. The lowest BCUT2D eigenvalue weighted by molar-refractivity contribution is 1.17. The van der Waals surface area contributed by atoms with Crippen LogP contribution < -0.4 is 0 Å². The zero-order valence-corrected chi connectivity index (χ0v) is 26.0. The van der Waals surface area contributed by atoms with Crippen molar-refractivity contribution in [2.45, 2.75) is 12.8 Å². The fourth-order valence-corrected chi connectivity index (χ4v) is 8.88. The van der Waals surface area contributed by atoms with E-state index in [-0.39, 0.29) is 0 Å². The number of hydrogen-bond donors (Lipinski definition) is 0. The summed E-state index contributed by atoms with van der Waals surface area (Å²) in [6.07, 6.45) is 10.9. The maximum atomic E-state index is 2.46. The van der Waals surface area contributed by atoms with E-state index in [2.05, 4.69) is 156 Å². The Kier molecular flexibility index (Phi) is 5.64. The molecule has 10 rings (SSSR count). The number of nitrogens with zero attached hydrogens (tertiary/aromatic N) is 1. The lowest BCUT2D eigenvalue weighted by Gasteiger charge is -2.18. The molecule has 0 bridgehead atoms. The summed E-state index contributed by atoms with van der Waals surface area (Å²) in [5.41, 5.74) is 9.07. The minimum atomic E-state index is 0.950. The Bertz CT molecular complexity index is 2750. The topological polar surface area (TPSA) is 4.93 Å². The number of benzene rings is 7. The van der Waals surface area contributed by atoms with Gasteiger partial charge in [-0.3, -0.25) is 0 Å². The Morgan fingerprint density at radius 2 is 1.02 bits per heavy atom. The molecule has 0 N–H and O–H groups in total. The molecule has 1 aliphatic carbocycles. The van der Waals surface area contributed by atoms with Gasteiger partial charge in [0.2, 0.25) is 0 Å². The number of allylic oxidation sites excluding steroid dienone is 4. The van der Waals surface area contributed by atoms with Crippen molar-refractivity contribution in [2.75, 3.05) is 0 Å². The summed E-state index contributed by atoms with van der Waals surface area (Å²) >= 11 is 1.87. The molecule has 0 saturated heterocycles. The number of rotatable bonds is 2. The summed E-state index contributed by atoms with van der Waals surface area (Å²) in [6, 6.07) is 47.6. The SMILES string of the molecule is C1=CCc2c(c3ccc(-n4c5ccccc5c5cc(-c6ccc7sc8ccccc8c7c6)ccc54)cc3c3ccccc23)CC=C1. The molecule has 9 aromatic rings. The Hall–Kier alpha value is -5.44. The molecule has 1 nitrogen and oxygen atoms in total. The molecule has 1 aliphatic rings. The van der Waals surface area contributed by atoms with Gasteiger partial charge in [-0.1, -0.05) is 103 Å². The summed E-state index contributed by atoms with van der Waals surface area (Å²) in [5.74, 6) is 0. The summed E-state index contributed by atoms with van der Waals surface area (Å²) in [4.78, 5) is 0. The van der Waals surface area contributed by atoms with Crippen molar-refractivity contribution >= 4 is 74.9 Å². The summed E-state index contributed by atoms with van der Waals surface area (Å²) in [6.45, 7) is 0. The highest BCUT2D eigenvalue weighted by Gasteiger charge is 2.17. The smallest absolute Gasteiger partial charge is 0.0541 e. The lowest BCUT2D eigenvalue weighted by atomic mass is 9.87. The van der Waals surface area contributed by atoms with Crippen molar-refractivity contribution in [3.8, 4) is 16.8 Å². The van der Waals surface area contributed by atoms with E-state index in [1.165, 1.54) is 91.5 Å². The quantitative estimate of drug-likeness (QED) is 0.173. The average Bonchev–Trinajstić information content (AvgIpc) is 3.63. The van der Waals surface area contributed by atoms with Crippen molar-refractivity contribution in [2.24, 2.45) is 0 Å². The largest absolute Gasteiger partial charge is 0.309 e. The Morgan fingerprint density at radius 3 is 1.85 bits per heavy atom. The molecule has 216 valence electrons. The highest BCUT2D eigenvalue weighted by molar-refractivity contribution is 7.25. The fourth-order valence-electron chi connectivity index (χ4n) is 7.80. The molecule has 46 heavy (non-hydrogen) atoms. The predicted molar refractivity (Wildman–Crippen MR) is 200 cm³/mol. The van der Waals surface area contributed by atoms with Gasteiger partial charge >= 0.3 is 0 Å².